The topological polar surface area (TPSA) is 133 Å². The second-order valence-corrected chi connectivity index (χ2v) is 47.9. The van der Waals surface area contributed by atoms with E-state index in [1.807, 2.05) is 164 Å². The molecule has 6 aromatic carbocycles. The summed E-state index contributed by atoms with van der Waals surface area (Å²) in [5, 5.41) is 32.9. The average Bonchev–Trinajstić information content (AvgIpc) is 0.873. The van der Waals surface area contributed by atoms with Gasteiger partial charge in [0.05, 0.1) is 0 Å². The Labute approximate surface area is 584 Å². The second kappa shape index (κ2) is 48.9. The fraction of sp³-hybridized carbons (Fsp3) is 0.538. The molecule has 0 saturated carbocycles. The van der Waals surface area contributed by atoms with E-state index in [1.165, 1.54) is 154 Å². The van der Waals surface area contributed by atoms with Gasteiger partial charge in [0.15, 0.2) is 0 Å². The van der Waals surface area contributed by atoms with Gasteiger partial charge in [-0.15, -0.1) is 0 Å². The fourth-order valence-electron chi connectivity index (χ4n) is 10.9. The molecule has 512 valence electrons. The molecule has 0 saturated heterocycles. The van der Waals surface area contributed by atoms with Crippen LogP contribution in [-0.4, -0.2) is 73.5 Å². The molecule has 0 fully saturated rings. The van der Waals surface area contributed by atoms with Crippen LogP contribution < -0.4 is 14.2 Å². The van der Waals surface area contributed by atoms with E-state index >= 15 is 3.02 Å². The van der Waals surface area contributed by atoms with Crippen molar-refractivity contribution < 1.29 is 36.6 Å². The van der Waals surface area contributed by atoms with Gasteiger partial charge in [-0.05, 0) is 0 Å². The molecule has 6 rings (SSSR count). The molecule has 3 N–H and O–H groups in total. The van der Waals surface area contributed by atoms with E-state index < -0.39 is 99.1 Å². The molecule has 0 bridgehead atoms. The van der Waals surface area contributed by atoms with E-state index in [9.17, 15) is 15.3 Å². The number of hydrogen-bond acceptors (Lipinski definition) is 10. The van der Waals surface area contributed by atoms with Gasteiger partial charge in [-0.25, -0.2) is 0 Å². The first-order valence-electron chi connectivity index (χ1n) is 35.3. The van der Waals surface area contributed by atoms with Gasteiger partial charge in [-0.2, -0.15) is 0 Å². The Morgan fingerprint density at radius 3 is 0.696 bits per heavy atom. The third kappa shape index (κ3) is 32.6. The summed E-state index contributed by atoms with van der Waals surface area (Å²) in [6, 6.07) is 53.8. The van der Waals surface area contributed by atoms with Crippen LogP contribution in [0.1, 0.15) is 233 Å². The normalized spacial score (nSPS) is 13.7. The first-order chi connectivity index (χ1) is 45.2. The molecule has 0 spiro atoms. The molecule has 0 aliphatic heterocycles. The summed E-state index contributed by atoms with van der Waals surface area (Å²) in [5.41, 5.74) is 0. The predicted molar refractivity (Wildman–Crippen MR) is 406 cm³/mol. The average molecular weight is 1710 g/mol. The quantitative estimate of drug-likeness (QED) is 0.0193. The van der Waals surface area contributed by atoms with Crippen LogP contribution in [0.25, 0.3) is 0 Å². The summed E-state index contributed by atoms with van der Waals surface area (Å²) in [6.07, 6.45) is 37.9. The van der Waals surface area contributed by atoms with Gasteiger partial charge in [-0.1, -0.05) is 136 Å². The number of benzene rings is 6. The van der Waals surface area contributed by atoms with Crippen molar-refractivity contribution >= 4 is 80.8 Å². The minimum atomic E-state index is -5.96. The van der Waals surface area contributed by atoms with Crippen molar-refractivity contribution in [2.24, 2.45) is 0 Å². The first kappa shape index (κ1) is 78.3. The zero-order valence-corrected chi connectivity index (χ0v) is 65.1. The van der Waals surface area contributed by atoms with Crippen molar-refractivity contribution in [3.05, 3.63) is 185 Å². The standard InChI is InChI=1S/3C26H38IO3.O.Sb/c3*1-2-3-4-5-6-7-8-9-10-14-17-25(28)22-30-26-20-18-24(19-21-26)27(29)23-15-12-11-13-16-23;;/h3*11-13,15-16,18-21,25,28H,2-10,14,17,22H2,1H3;;/q3*-1;;+3. The molecule has 10 nitrogen and oxygen atoms in total. The van der Waals surface area contributed by atoms with Crippen molar-refractivity contribution in [1.82, 2.24) is 0 Å². The van der Waals surface area contributed by atoms with Gasteiger partial charge in [-0.3, -0.25) is 0 Å². The summed E-state index contributed by atoms with van der Waals surface area (Å²) in [4.78, 5) is 0. The molecule has 0 radical (unpaired) electrons. The van der Waals surface area contributed by atoms with Crippen LogP contribution >= 0.6 is 60.7 Å². The molecule has 92 heavy (non-hydrogen) atoms. The van der Waals surface area contributed by atoms with Gasteiger partial charge in [0.25, 0.3) is 0 Å². The molecule has 3 unspecified atom stereocenters. The van der Waals surface area contributed by atoms with Crippen LogP contribution in [0.3, 0.4) is 0 Å². The predicted octanol–water partition coefficient (Wildman–Crippen LogP) is 22.5. The molecule has 6 aromatic rings. The van der Waals surface area contributed by atoms with Gasteiger partial charge < -0.3 is 0 Å². The molecule has 0 amide bonds. The third-order valence-electron chi connectivity index (χ3n) is 16.3. The molecule has 0 aliphatic carbocycles. The third-order valence-corrected chi connectivity index (χ3v) is 47.7. The van der Waals surface area contributed by atoms with Crippen LogP contribution in [-0.2, 0) is 7.05 Å². The number of hydrogen-bond donors (Lipinski definition) is 3. The van der Waals surface area contributed by atoms with E-state index in [-0.39, 0.29) is 19.8 Å². The molecule has 14 heteroatoms. The summed E-state index contributed by atoms with van der Waals surface area (Å²) in [5.74, 6) is 1.93. The second-order valence-electron chi connectivity index (χ2n) is 24.5. The molecule has 3 atom stereocenters. The zero-order chi connectivity index (χ0) is 65.0. The van der Waals surface area contributed by atoms with Crippen molar-refractivity contribution in [3.63, 3.8) is 0 Å². The van der Waals surface area contributed by atoms with E-state index in [0.717, 1.165) is 59.9 Å². The van der Waals surface area contributed by atoms with Crippen molar-refractivity contribution in [3.8, 4) is 17.2 Å². The molecule has 0 aromatic heterocycles. The Bertz CT molecular complexity index is 2480. The Hall–Kier alpha value is -2.71. The maximum atomic E-state index is 16.8. The Morgan fingerprint density at radius 1 is 0.283 bits per heavy atom. The van der Waals surface area contributed by atoms with Gasteiger partial charge in [0, 0.05) is 0 Å². The number of unbranched alkanes of at least 4 members (excludes halogenated alkanes) is 27. The summed E-state index contributed by atoms with van der Waals surface area (Å²) >= 11 is -15.4. The van der Waals surface area contributed by atoms with Gasteiger partial charge in [0.2, 0.25) is 0 Å². The van der Waals surface area contributed by atoms with Crippen LogP contribution in [0.2, 0.25) is 0 Å². The van der Waals surface area contributed by atoms with Crippen LogP contribution in [0.5, 0.6) is 17.2 Å². The Balaban J connectivity index is 1.20. The number of rotatable bonds is 54. The first-order valence-corrected chi connectivity index (χ1v) is 48.6. The van der Waals surface area contributed by atoms with E-state index in [2.05, 4.69) is 20.8 Å². The van der Waals surface area contributed by atoms with E-state index in [4.69, 9.17) is 18.2 Å². The van der Waals surface area contributed by atoms with Crippen LogP contribution in [0.15, 0.2) is 164 Å². The number of ether oxygens (including phenoxy) is 3. The van der Waals surface area contributed by atoms with Crippen molar-refractivity contribution in [1.29, 1.82) is 0 Å². The summed E-state index contributed by atoms with van der Waals surface area (Å²) in [7, 11) is 0. The SMILES string of the molecule is CCCCCCCCCCCCC(O)COc1ccc(I([O][Sb](=[O])([O]I(c2ccccc2)c2ccc(OCC(O)CCCCCCCCCCCC)cc2)[O]I(c2ccccc2)c2ccc(OCC(O)CCCCCCCCCCCC)cc2)c2ccccc2)cc1. The molecular formula is C78H114I3O10Sb. The van der Waals surface area contributed by atoms with Gasteiger partial charge in [0.1, 0.15) is 0 Å². The summed E-state index contributed by atoms with van der Waals surface area (Å²) in [6.45, 7) is 7.39. The zero-order valence-electron chi connectivity index (χ0n) is 56.1. The van der Waals surface area contributed by atoms with Crippen molar-refractivity contribution in [2.45, 2.75) is 251 Å². The molecule has 0 heterocycles. The Morgan fingerprint density at radius 2 is 0.478 bits per heavy atom. The minimum absolute atomic E-state index is 0.205. The van der Waals surface area contributed by atoms with Crippen molar-refractivity contribution in [2.75, 3.05) is 19.8 Å². The fourth-order valence-corrected chi connectivity index (χ4v) is 50.5. The van der Waals surface area contributed by atoms with E-state index in [1.54, 1.807) is 0 Å². The van der Waals surface area contributed by atoms with Gasteiger partial charge >= 0.3 is 454 Å². The Kier molecular flexibility index (Phi) is 41.6. The summed E-state index contributed by atoms with van der Waals surface area (Å²) < 4.78 is 63.1. The number of aliphatic hydroxyl groups excluding tert-OH is 3. The monoisotopic (exact) mass is 1710 g/mol. The number of aliphatic hydroxyl groups is 3. The molecule has 0 aliphatic rings. The maximum absolute atomic E-state index is 16.8. The van der Waals surface area contributed by atoms with Crippen LogP contribution in [0.4, 0.5) is 0 Å². The van der Waals surface area contributed by atoms with E-state index in [0.29, 0.717) is 36.5 Å². The van der Waals surface area contributed by atoms with Crippen LogP contribution in [0, 0.1) is 21.4 Å². The molecular weight excluding hydrogens is 1600 g/mol. The number of halogens is 3.